The van der Waals surface area contributed by atoms with Crippen LogP contribution < -0.4 is 4.74 Å². The van der Waals surface area contributed by atoms with Crippen molar-refractivity contribution in [1.29, 1.82) is 0 Å². The molecule has 0 amide bonds. The predicted molar refractivity (Wildman–Crippen MR) is 106 cm³/mol. The van der Waals surface area contributed by atoms with Gasteiger partial charge in [-0.25, -0.2) is 0 Å². The van der Waals surface area contributed by atoms with E-state index >= 15 is 0 Å². The van der Waals surface area contributed by atoms with Crippen molar-refractivity contribution in [1.82, 2.24) is 9.88 Å². The minimum absolute atomic E-state index is 0.670. The van der Waals surface area contributed by atoms with E-state index in [2.05, 4.69) is 47.1 Å². The molecule has 1 aliphatic rings. The van der Waals surface area contributed by atoms with Crippen LogP contribution in [0.2, 0.25) is 0 Å². The van der Waals surface area contributed by atoms with Gasteiger partial charge in [0.1, 0.15) is 18.5 Å². The van der Waals surface area contributed by atoms with Gasteiger partial charge < -0.3 is 9.84 Å². The van der Waals surface area contributed by atoms with Gasteiger partial charge in [0, 0.05) is 43.2 Å². The van der Waals surface area contributed by atoms with E-state index in [4.69, 9.17) is 4.74 Å². The van der Waals surface area contributed by atoms with Crippen LogP contribution in [0.25, 0.3) is 0 Å². The van der Waals surface area contributed by atoms with Crippen molar-refractivity contribution in [2.75, 3.05) is 13.2 Å². The Kier molecular flexibility index (Phi) is 5.19. The number of rotatable bonds is 4. The maximum atomic E-state index is 10.7. The lowest BCUT2D eigenvalue weighted by molar-refractivity contribution is 0.218. The Hall–Kier alpha value is -2.69. The number of aromatic nitrogens is 1. The van der Waals surface area contributed by atoms with Gasteiger partial charge in [-0.1, -0.05) is 36.4 Å². The van der Waals surface area contributed by atoms with E-state index in [9.17, 15) is 5.11 Å². The molecule has 138 valence electrons. The molecule has 1 N–H and O–H groups in total. The van der Waals surface area contributed by atoms with Crippen LogP contribution in [-0.4, -0.2) is 28.1 Å². The minimum atomic E-state index is -0.683. The molecule has 1 aromatic heterocycles. The third kappa shape index (κ3) is 4.02. The van der Waals surface area contributed by atoms with Crippen LogP contribution in [0.3, 0.4) is 0 Å². The van der Waals surface area contributed by atoms with Crippen LogP contribution in [0.1, 0.15) is 33.9 Å². The first kappa shape index (κ1) is 17.7. The molecule has 4 heteroatoms. The van der Waals surface area contributed by atoms with Gasteiger partial charge >= 0.3 is 0 Å². The number of aliphatic hydroxyl groups excluding tert-OH is 1. The lowest BCUT2D eigenvalue weighted by Gasteiger charge is -2.21. The summed E-state index contributed by atoms with van der Waals surface area (Å²) < 4.78 is 5.95. The average molecular weight is 360 g/mol. The van der Waals surface area contributed by atoms with E-state index < -0.39 is 6.10 Å². The first-order valence-electron chi connectivity index (χ1n) is 9.31. The lowest BCUT2D eigenvalue weighted by Crippen LogP contribution is -2.25. The molecule has 2 heterocycles. The van der Waals surface area contributed by atoms with E-state index in [0.717, 1.165) is 42.1 Å². The van der Waals surface area contributed by atoms with Gasteiger partial charge in [0.05, 0.1) is 0 Å². The van der Waals surface area contributed by atoms with Gasteiger partial charge in [-0.3, -0.25) is 9.88 Å². The van der Waals surface area contributed by atoms with Crippen molar-refractivity contribution in [2.24, 2.45) is 0 Å². The summed E-state index contributed by atoms with van der Waals surface area (Å²) in [5.74, 6) is 0.907. The van der Waals surface area contributed by atoms with Crippen molar-refractivity contribution in [2.45, 2.75) is 26.1 Å². The summed E-state index contributed by atoms with van der Waals surface area (Å²) in [4.78, 5) is 6.51. The number of fused-ring (bicyclic) bond motifs is 1. The molecule has 0 aliphatic carbocycles. The van der Waals surface area contributed by atoms with E-state index in [1.165, 1.54) is 11.1 Å². The fourth-order valence-corrected chi connectivity index (χ4v) is 3.53. The summed E-state index contributed by atoms with van der Waals surface area (Å²) in [5.41, 5.74) is 5.42. The molecule has 2 aromatic carbocycles. The largest absolute Gasteiger partial charge is 0.492 e. The highest BCUT2D eigenvalue weighted by Crippen LogP contribution is 2.29. The van der Waals surface area contributed by atoms with Gasteiger partial charge in [0.25, 0.3) is 0 Å². The van der Waals surface area contributed by atoms with Gasteiger partial charge in [0.15, 0.2) is 0 Å². The van der Waals surface area contributed by atoms with E-state index in [1.807, 2.05) is 24.3 Å². The van der Waals surface area contributed by atoms with Crippen molar-refractivity contribution in [3.63, 3.8) is 0 Å². The zero-order chi connectivity index (χ0) is 18.6. The first-order valence-corrected chi connectivity index (χ1v) is 9.31. The highest BCUT2D eigenvalue weighted by atomic mass is 16.5. The zero-order valence-corrected chi connectivity index (χ0v) is 15.5. The predicted octanol–water partition coefficient (Wildman–Crippen LogP) is 3.87. The second-order valence-electron chi connectivity index (χ2n) is 7.04. The van der Waals surface area contributed by atoms with Crippen LogP contribution in [0.5, 0.6) is 5.75 Å². The molecule has 4 nitrogen and oxygen atoms in total. The normalized spacial score (nSPS) is 15.5. The summed E-state index contributed by atoms with van der Waals surface area (Å²) in [7, 11) is 0. The number of ether oxygens (including phenoxy) is 1. The number of aryl methyl sites for hydroxylation is 1. The van der Waals surface area contributed by atoms with Crippen molar-refractivity contribution < 1.29 is 9.84 Å². The molecule has 1 atom stereocenters. The maximum Gasteiger partial charge on any atom is 0.123 e. The Bertz CT molecular complexity index is 911. The third-order valence-corrected chi connectivity index (χ3v) is 5.11. The Morgan fingerprint density at radius 1 is 1.11 bits per heavy atom. The van der Waals surface area contributed by atoms with Gasteiger partial charge in [-0.15, -0.1) is 0 Å². The van der Waals surface area contributed by atoms with Crippen LogP contribution in [0.4, 0.5) is 0 Å². The third-order valence-electron chi connectivity index (χ3n) is 5.11. The number of nitrogens with zero attached hydrogens (tertiary/aromatic N) is 2. The quantitative estimate of drug-likeness (QED) is 0.767. The highest BCUT2D eigenvalue weighted by Gasteiger charge is 2.19. The Balaban J connectivity index is 1.57. The molecule has 0 fully saturated rings. The van der Waals surface area contributed by atoms with E-state index in [-0.39, 0.29) is 0 Å². The maximum absolute atomic E-state index is 10.7. The average Bonchev–Trinajstić information content (AvgIpc) is 2.91. The Morgan fingerprint density at radius 3 is 2.81 bits per heavy atom. The molecule has 1 aliphatic heterocycles. The number of aliphatic hydroxyl groups is 1. The van der Waals surface area contributed by atoms with Gasteiger partial charge in [0.2, 0.25) is 0 Å². The Morgan fingerprint density at radius 2 is 2.00 bits per heavy atom. The smallest absolute Gasteiger partial charge is 0.123 e. The molecule has 4 rings (SSSR count). The summed E-state index contributed by atoms with van der Waals surface area (Å²) in [6.07, 6.45) is 2.74. The van der Waals surface area contributed by atoms with Gasteiger partial charge in [-0.2, -0.15) is 0 Å². The topological polar surface area (TPSA) is 45.6 Å². The summed E-state index contributed by atoms with van der Waals surface area (Å²) in [6.45, 7) is 5.40. The van der Waals surface area contributed by atoms with Crippen molar-refractivity contribution in [3.05, 3.63) is 94.8 Å². The second-order valence-corrected chi connectivity index (χ2v) is 7.04. The number of hydrogen-bond donors (Lipinski definition) is 1. The summed E-state index contributed by atoms with van der Waals surface area (Å²) in [6, 6.07) is 18.2. The highest BCUT2D eigenvalue weighted by molar-refractivity contribution is 5.41. The molecular formula is C23H24N2O2. The summed E-state index contributed by atoms with van der Waals surface area (Å²) in [5, 5.41) is 10.7. The van der Waals surface area contributed by atoms with Crippen LogP contribution in [-0.2, 0) is 13.1 Å². The number of pyridine rings is 1. The lowest BCUT2D eigenvalue weighted by atomic mass is 10.00. The van der Waals surface area contributed by atoms with Crippen molar-refractivity contribution in [3.8, 4) is 5.75 Å². The fraction of sp³-hybridized carbons (Fsp3) is 0.261. The molecule has 1 unspecified atom stereocenters. The second kappa shape index (κ2) is 7.91. The molecule has 3 aromatic rings. The molecule has 0 saturated heterocycles. The van der Waals surface area contributed by atoms with Crippen LogP contribution in [0.15, 0.2) is 67.0 Å². The SMILES string of the molecule is Cc1ccccc1CN1CCOc2ccc(C(O)c3cccnc3)cc2C1. The summed E-state index contributed by atoms with van der Waals surface area (Å²) >= 11 is 0. The molecular weight excluding hydrogens is 336 g/mol. The molecule has 0 radical (unpaired) electrons. The minimum Gasteiger partial charge on any atom is -0.492 e. The molecule has 0 saturated carbocycles. The Labute approximate surface area is 160 Å². The fourth-order valence-electron chi connectivity index (χ4n) is 3.53. The number of hydrogen-bond acceptors (Lipinski definition) is 4. The van der Waals surface area contributed by atoms with Gasteiger partial charge in [-0.05, 0) is 41.8 Å². The van der Waals surface area contributed by atoms with E-state index in [0.29, 0.717) is 6.61 Å². The molecule has 0 bridgehead atoms. The number of benzene rings is 2. The van der Waals surface area contributed by atoms with E-state index in [1.54, 1.807) is 12.4 Å². The van der Waals surface area contributed by atoms with Crippen molar-refractivity contribution >= 4 is 0 Å². The standard InChI is InChI=1S/C23H24N2O2/c1-17-5-2-3-6-20(17)15-25-11-12-27-22-9-8-18(13-21(22)16-25)23(26)19-7-4-10-24-14-19/h2-10,13-14,23,26H,11-12,15-16H2,1H3. The monoisotopic (exact) mass is 360 g/mol. The van der Waals surface area contributed by atoms with Crippen LogP contribution in [0, 0.1) is 6.92 Å². The van der Waals surface area contributed by atoms with Crippen LogP contribution >= 0.6 is 0 Å². The zero-order valence-electron chi connectivity index (χ0n) is 15.5. The first-order chi connectivity index (χ1) is 13.2. The molecule has 27 heavy (non-hydrogen) atoms. The molecule has 0 spiro atoms.